The topological polar surface area (TPSA) is 63.8 Å². The summed E-state index contributed by atoms with van der Waals surface area (Å²) in [5.41, 5.74) is 4.08. The van der Waals surface area contributed by atoms with E-state index in [1.54, 1.807) is 0 Å². The molecule has 0 fully saturated rings. The fraction of sp³-hybridized carbons (Fsp3) is 0.0800. The van der Waals surface area contributed by atoms with E-state index in [9.17, 15) is 0 Å². The van der Waals surface area contributed by atoms with E-state index in [1.165, 1.54) is 0 Å². The van der Waals surface area contributed by atoms with Crippen molar-refractivity contribution in [2.45, 2.75) is 13.0 Å². The Morgan fingerprint density at radius 2 is 1.30 bits per heavy atom. The zero-order valence-corrected chi connectivity index (χ0v) is 16.5. The van der Waals surface area contributed by atoms with Gasteiger partial charge in [0, 0.05) is 11.1 Å². The van der Waals surface area contributed by atoms with E-state index in [0.717, 1.165) is 16.7 Å². The van der Waals surface area contributed by atoms with Gasteiger partial charge in [-0.1, -0.05) is 78.9 Å². The van der Waals surface area contributed by atoms with Crippen LogP contribution < -0.4 is 5.32 Å². The number of hydrogen-bond donors (Lipinski definition) is 1. The van der Waals surface area contributed by atoms with E-state index in [4.69, 9.17) is 9.40 Å². The second-order valence-electron chi connectivity index (χ2n) is 7.08. The van der Waals surface area contributed by atoms with Crippen LogP contribution in [0.2, 0.25) is 0 Å². The fourth-order valence-electron chi connectivity index (χ4n) is 3.37. The van der Waals surface area contributed by atoms with Crippen LogP contribution in [0.15, 0.2) is 95.4 Å². The molecule has 0 saturated carbocycles. The summed E-state index contributed by atoms with van der Waals surface area (Å²) in [5.74, 6) is 1.77. The van der Waals surface area contributed by atoms with E-state index >= 15 is 0 Å². The molecule has 2 aromatic heterocycles. The Bertz CT molecular complexity index is 1270. The number of nitrogens with zero attached hydrogens (tertiary/aromatic N) is 3. The highest BCUT2D eigenvalue weighted by atomic mass is 16.3. The van der Waals surface area contributed by atoms with Crippen molar-refractivity contribution < 1.29 is 4.42 Å². The van der Waals surface area contributed by atoms with Crippen LogP contribution in [0, 0.1) is 0 Å². The number of aromatic nitrogens is 3. The predicted molar refractivity (Wildman–Crippen MR) is 119 cm³/mol. The molecule has 5 nitrogen and oxygen atoms in total. The van der Waals surface area contributed by atoms with E-state index in [1.807, 2.05) is 78.9 Å². The van der Waals surface area contributed by atoms with Gasteiger partial charge in [0.15, 0.2) is 11.6 Å². The minimum atomic E-state index is 0.0400. The zero-order chi connectivity index (χ0) is 20.3. The third-order valence-corrected chi connectivity index (χ3v) is 4.96. The van der Waals surface area contributed by atoms with Crippen LogP contribution in [0.25, 0.3) is 34.1 Å². The van der Waals surface area contributed by atoms with Gasteiger partial charge in [0.1, 0.15) is 0 Å². The van der Waals surface area contributed by atoms with Crippen molar-refractivity contribution in [2.24, 2.45) is 0 Å². The number of fused-ring (bicyclic) bond motifs is 1. The van der Waals surface area contributed by atoms with Crippen LogP contribution in [0.3, 0.4) is 0 Å². The summed E-state index contributed by atoms with van der Waals surface area (Å²) >= 11 is 0. The Kier molecular flexibility index (Phi) is 4.69. The van der Waals surface area contributed by atoms with Crippen molar-refractivity contribution in [1.29, 1.82) is 0 Å². The molecule has 0 bridgehead atoms. The van der Waals surface area contributed by atoms with E-state index in [2.05, 4.69) is 34.3 Å². The van der Waals surface area contributed by atoms with Gasteiger partial charge in [-0.3, -0.25) is 0 Å². The average molecular weight is 392 g/mol. The van der Waals surface area contributed by atoms with Gasteiger partial charge in [-0.25, -0.2) is 9.97 Å². The summed E-state index contributed by atoms with van der Waals surface area (Å²) in [7, 11) is 0. The monoisotopic (exact) mass is 392 g/mol. The Morgan fingerprint density at radius 1 is 0.700 bits per heavy atom. The quantitative estimate of drug-likeness (QED) is 0.390. The first-order valence-electron chi connectivity index (χ1n) is 9.89. The molecule has 0 aliphatic rings. The molecule has 2 heterocycles. The van der Waals surface area contributed by atoms with Crippen LogP contribution >= 0.6 is 0 Å². The van der Waals surface area contributed by atoms with Crippen LogP contribution in [0.5, 0.6) is 0 Å². The SMILES string of the molecule is C[C@@H](Nc1nc(-c2ccccc2)nc2nc(-c3ccccc3)oc12)c1ccccc1. The third kappa shape index (κ3) is 3.53. The van der Waals surface area contributed by atoms with E-state index < -0.39 is 0 Å². The molecular weight excluding hydrogens is 372 g/mol. The fourth-order valence-corrected chi connectivity index (χ4v) is 3.37. The number of anilines is 1. The summed E-state index contributed by atoms with van der Waals surface area (Å²) in [6, 6.07) is 30.0. The summed E-state index contributed by atoms with van der Waals surface area (Å²) in [6.45, 7) is 2.10. The molecule has 0 aliphatic carbocycles. The first-order valence-corrected chi connectivity index (χ1v) is 9.89. The molecule has 5 aromatic rings. The number of oxazole rings is 1. The Labute approximate surface area is 174 Å². The summed E-state index contributed by atoms with van der Waals surface area (Å²) in [4.78, 5) is 14.1. The number of rotatable bonds is 5. The molecule has 5 rings (SSSR count). The molecule has 0 unspecified atom stereocenters. The largest absolute Gasteiger partial charge is 0.430 e. The van der Waals surface area contributed by atoms with Gasteiger partial charge < -0.3 is 9.73 Å². The third-order valence-electron chi connectivity index (χ3n) is 4.96. The molecule has 3 aromatic carbocycles. The maximum absolute atomic E-state index is 6.11. The van der Waals surface area contributed by atoms with Crippen LogP contribution in [0.1, 0.15) is 18.5 Å². The average Bonchev–Trinajstić information content (AvgIpc) is 3.25. The molecular formula is C25H20N4O. The maximum atomic E-state index is 6.11. The van der Waals surface area contributed by atoms with Crippen molar-refractivity contribution in [2.75, 3.05) is 5.32 Å². The summed E-state index contributed by atoms with van der Waals surface area (Å²) in [6.07, 6.45) is 0. The lowest BCUT2D eigenvalue weighted by molar-refractivity contribution is 0.618. The highest BCUT2D eigenvalue weighted by molar-refractivity contribution is 5.85. The number of nitrogens with one attached hydrogen (secondary N) is 1. The molecule has 5 heteroatoms. The second kappa shape index (κ2) is 7.79. The molecule has 0 spiro atoms. The molecule has 30 heavy (non-hydrogen) atoms. The van der Waals surface area contributed by atoms with Gasteiger partial charge in [0.05, 0.1) is 6.04 Å². The minimum absolute atomic E-state index is 0.0400. The Morgan fingerprint density at radius 3 is 1.97 bits per heavy atom. The second-order valence-corrected chi connectivity index (χ2v) is 7.08. The predicted octanol–water partition coefficient (Wildman–Crippen LogP) is 6.12. The summed E-state index contributed by atoms with van der Waals surface area (Å²) in [5, 5.41) is 3.49. The number of hydrogen-bond acceptors (Lipinski definition) is 5. The molecule has 0 saturated heterocycles. The first kappa shape index (κ1) is 18.1. The van der Waals surface area contributed by atoms with Crippen molar-refractivity contribution in [3.63, 3.8) is 0 Å². The maximum Gasteiger partial charge on any atom is 0.229 e. The molecule has 1 atom stereocenters. The lowest BCUT2D eigenvalue weighted by atomic mass is 10.1. The van der Waals surface area contributed by atoms with Crippen molar-refractivity contribution in [3.8, 4) is 22.8 Å². The normalized spacial score (nSPS) is 12.0. The van der Waals surface area contributed by atoms with E-state index in [0.29, 0.717) is 28.8 Å². The zero-order valence-electron chi connectivity index (χ0n) is 16.5. The standard InChI is InChI=1S/C25H20N4O/c1-17(18-11-5-2-6-12-18)26-23-21-24(28-22(27-23)19-13-7-3-8-14-19)29-25(30-21)20-15-9-4-10-16-20/h2-17H,1H3,(H,26,27,28)/t17-/m1/s1. The van der Waals surface area contributed by atoms with E-state index in [-0.39, 0.29) is 6.04 Å². The molecule has 0 aliphatic heterocycles. The van der Waals surface area contributed by atoms with Gasteiger partial charge in [-0.2, -0.15) is 4.98 Å². The molecule has 1 N–H and O–H groups in total. The van der Waals surface area contributed by atoms with Crippen molar-refractivity contribution in [1.82, 2.24) is 15.0 Å². The molecule has 146 valence electrons. The van der Waals surface area contributed by atoms with Gasteiger partial charge in [-0.05, 0) is 24.6 Å². The Hall–Kier alpha value is -3.99. The molecule has 0 amide bonds. The van der Waals surface area contributed by atoms with Gasteiger partial charge in [-0.15, -0.1) is 0 Å². The van der Waals surface area contributed by atoms with Crippen LogP contribution in [-0.2, 0) is 0 Å². The van der Waals surface area contributed by atoms with Gasteiger partial charge in [0.2, 0.25) is 17.1 Å². The lowest BCUT2D eigenvalue weighted by Crippen LogP contribution is -2.09. The van der Waals surface area contributed by atoms with Crippen molar-refractivity contribution >= 4 is 17.0 Å². The minimum Gasteiger partial charge on any atom is -0.430 e. The highest BCUT2D eigenvalue weighted by Crippen LogP contribution is 2.31. The smallest absolute Gasteiger partial charge is 0.229 e. The summed E-state index contributed by atoms with van der Waals surface area (Å²) < 4.78 is 6.11. The van der Waals surface area contributed by atoms with Crippen molar-refractivity contribution in [3.05, 3.63) is 96.6 Å². The molecule has 0 radical (unpaired) electrons. The van der Waals surface area contributed by atoms with Gasteiger partial charge in [0.25, 0.3) is 0 Å². The van der Waals surface area contributed by atoms with Gasteiger partial charge >= 0.3 is 0 Å². The van der Waals surface area contributed by atoms with Crippen LogP contribution in [0.4, 0.5) is 5.82 Å². The lowest BCUT2D eigenvalue weighted by Gasteiger charge is -2.15. The highest BCUT2D eigenvalue weighted by Gasteiger charge is 2.18. The van der Waals surface area contributed by atoms with Crippen LogP contribution in [-0.4, -0.2) is 15.0 Å². The Balaban J connectivity index is 1.63. The number of benzene rings is 3. The first-order chi connectivity index (χ1) is 14.8.